The molecule has 35 heavy (non-hydrogen) atoms. The quantitative estimate of drug-likeness (QED) is 0.347. The molecule has 1 unspecified atom stereocenters. The molecular formula is C26H23NO7S. The van der Waals surface area contributed by atoms with E-state index in [0.717, 1.165) is 11.1 Å². The minimum absolute atomic E-state index is 0.0780. The largest absolute Gasteiger partial charge is 0.497 e. The van der Waals surface area contributed by atoms with E-state index in [1.54, 1.807) is 61.7 Å². The van der Waals surface area contributed by atoms with Gasteiger partial charge in [0.15, 0.2) is 6.61 Å². The van der Waals surface area contributed by atoms with Gasteiger partial charge in [-0.3, -0.25) is 4.79 Å². The molecule has 1 atom stereocenters. The summed E-state index contributed by atoms with van der Waals surface area (Å²) in [7, 11) is -2.54. The Hall–Kier alpha value is -4.13. The molecule has 0 saturated carbocycles. The third-order valence-electron chi connectivity index (χ3n) is 4.90. The number of carboxylic acid groups (broad SMARTS) is 1. The molecule has 3 rings (SSSR count). The van der Waals surface area contributed by atoms with Crippen molar-refractivity contribution < 1.29 is 32.6 Å². The maximum Gasteiger partial charge on any atom is 0.339 e. The third-order valence-corrected chi connectivity index (χ3v) is 6.39. The number of carbonyl (C=O) groups excluding carboxylic acids is 1. The van der Waals surface area contributed by atoms with E-state index in [1.807, 2.05) is 12.1 Å². The zero-order valence-corrected chi connectivity index (χ0v) is 19.6. The standard InChI is InChI=1S/C26H23NO7S/c1-33-22-14-10-19(11-15-22)20-12-16-23(17-13-20)35(31,32)27-24(25(28)29)9-5-6-18-34-26(30)21-7-3-2-4-8-21/h2-4,7-8,10-17,24,27H,9,18H2,1H3,(H,28,29). The Morgan fingerprint density at radius 3 is 2.09 bits per heavy atom. The van der Waals surface area contributed by atoms with Crippen LogP contribution in [-0.2, 0) is 19.6 Å². The number of sulfonamides is 1. The zero-order valence-electron chi connectivity index (χ0n) is 18.8. The topological polar surface area (TPSA) is 119 Å². The Bertz CT molecular complexity index is 1320. The molecule has 0 saturated heterocycles. The lowest BCUT2D eigenvalue weighted by atomic mass is 10.1. The maximum absolute atomic E-state index is 12.7. The smallest absolute Gasteiger partial charge is 0.339 e. The highest BCUT2D eigenvalue weighted by Gasteiger charge is 2.24. The highest BCUT2D eigenvalue weighted by atomic mass is 32.2. The normalized spacial score (nSPS) is 11.6. The summed E-state index contributed by atoms with van der Waals surface area (Å²) in [6.45, 7) is -0.250. The molecule has 2 N–H and O–H groups in total. The molecular weight excluding hydrogens is 470 g/mol. The first-order valence-electron chi connectivity index (χ1n) is 10.5. The predicted molar refractivity (Wildman–Crippen MR) is 129 cm³/mol. The van der Waals surface area contributed by atoms with Crippen LogP contribution >= 0.6 is 0 Å². The first kappa shape index (κ1) is 25.5. The summed E-state index contributed by atoms with van der Waals surface area (Å²) in [5.74, 6) is 3.84. The third kappa shape index (κ3) is 7.17. The Labute approximate surface area is 203 Å². The number of rotatable bonds is 9. The summed E-state index contributed by atoms with van der Waals surface area (Å²) in [5, 5.41) is 9.42. The number of aliphatic carboxylic acids is 1. The predicted octanol–water partition coefficient (Wildman–Crippen LogP) is 3.34. The van der Waals surface area contributed by atoms with Crippen molar-refractivity contribution >= 4 is 22.0 Å². The number of methoxy groups -OCH3 is 1. The van der Waals surface area contributed by atoms with Crippen molar-refractivity contribution in [1.82, 2.24) is 4.72 Å². The van der Waals surface area contributed by atoms with Crippen LogP contribution in [0.5, 0.6) is 5.75 Å². The van der Waals surface area contributed by atoms with Gasteiger partial charge in [-0.05, 0) is 47.5 Å². The second-order valence-corrected chi connectivity index (χ2v) is 8.98. The van der Waals surface area contributed by atoms with Gasteiger partial charge in [-0.15, -0.1) is 0 Å². The van der Waals surface area contributed by atoms with E-state index in [2.05, 4.69) is 16.6 Å². The van der Waals surface area contributed by atoms with Gasteiger partial charge in [0.2, 0.25) is 10.0 Å². The Morgan fingerprint density at radius 2 is 1.51 bits per heavy atom. The molecule has 0 spiro atoms. The average molecular weight is 494 g/mol. The highest BCUT2D eigenvalue weighted by Crippen LogP contribution is 2.24. The molecule has 0 aliphatic rings. The van der Waals surface area contributed by atoms with Crippen molar-refractivity contribution in [3.8, 4) is 28.7 Å². The fourth-order valence-electron chi connectivity index (χ4n) is 3.03. The van der Waals surface area contributed by atoms with Gasteiger partial charge in [0.05, 0.1) is 17.6 Å². The first-order valence-corrected chi connectivity index (χ1v) is 12.0. The Kier molecular flexibility index (Phi) is 8.62. The molecule has 0 aromatic heterocycles. The minimum atomic E-state index is -4.11. The van der Waals surface area contributed by atoms with Gasteiger partial charge in [0.25, 0.3) is 0 Å². The zero-order chi connectivity index (χ0) is 25.3. The minimum Gasteiger partial charge on any atom is -0.497 e. The van der Waals surface area contributed by atoms with Crippen LogP contribution in [0.4, 0.5) is 0 Å². The lowest BCUT2D eigenvalue weighted by Gasteiger charge is -2.13. The van der Waals surface area contributed by atoms with Crippen molar-refractivity contribution in [3.05, 3.63) is 84.4 Å². The molecule has 0 heterocycles. The number of hydrogen-bond donors (Lipinski definition) is 2. The molecule has 9 heteroatoms. The van der Waals surface area contributed by atoms with Crippen molar-refractivity contribution in [3.63, 3.8) is 0 Å². The lowest BCUT2D eigenvalue weighted by Crippen LogP contribution is -2.40. The molecule has 0 radical (unpaired) electrons. The number of benzene rings is 3. The highest BCUT2D eigenvalue weighted by molar-refractivity contribution is 7.89. The van der Waals surface area contributed by atoms with Crippen LogP contribution in [0.25, 0.3) is 11.1 Å². The Balaban J connectivity index is 1.60. The van der Waals surface area contributed by atoms with Gasteiger partial charge < -0.3 is 14.6 Å². The lowest BCUT2D eigenvalue weighted by molar-refractivity contribution is -0.138. The van der Waals surface area contributed by atoms with Crippen molar-refractivity contribution in [1.29, 1.82) is 0 Å². The van der Waals surface area contributed by atoms with E-state index >= 15 is 0 Å². The van der Waals surface area contributed by atoms with Crippen LogP contribution < -0.4 is 9.46 Å². The average Bonchev–Trinajstić information content (AvgIpc) is 2.88. The summed E-state index contributed by atoms with van der Waals surface area (Å²) in [6, 6.07) is 20.2. The molecule has 0 fully saturated rings. The molecule has 0 aliphatic heterocycles. The monoisotopic (exact) mass is 493 g/mol. The molecule has 0 aliphatic carbocycles. The first-order chi connectivity index (χ1) is 16.8. The van der Waals surface area contributed by atoms with Crippen LogP contribution in [0, 0.1) is 11.8 Å². The van der Waals surface area contributed by atoms with Crippen LogP contribution in [0.3, 0.4) is 0 Å². The van der Waals surface area contributed by atoms with E-state index in [4.69, 9.17) is 9.47 Å². The molecule has 0 amide bonds. The van der Waals surface area contributed by atoms with Gasteiger partial charge in [0.1, 0.15) is 11.8 Å². The van der Waals surface area contributed by atoms with Gasteiger partial charge in [0, 0.05) is 6.42 Å². The number of carbonyl (C=O) groups is 2. The number of nitrogens with one attached hydrogen (secondary N) is 1. The van der Waals surface area contributed by atoms with E-state index < -0.39 is 28.0 Å². The van der Waals surface area contributed by atoms with Crippen molar-refractivity contribution in [2.75, 3.05) is 13.7 Å². The molecule has 8 nitrogen and oxygen atoms in total. The van der Waals surface area contributed by atoms with E-state index in [1.165, 1.54) is 12.1 Å². The number of ether oxygens (including phenoxy) is 2. The summed E-state index contributed by atoms with van der Waals surface area (Å²) < 4.78 is 37.7. The van der Waals surface area contributed by atoms with Crippen LogP contribution in [0.1, 0.15) is 16.8 Å². The van der Waals surface area contributed by atoms with Gasteiger partial charge >= 0.3 is 11.9 Å². The summed E-state index contributed by atoms with van der Waals surface area (Å²) in [5.41, 5.74) is 2.02. The number of carboxylic acids is 1. The molecule has 3 aromatic carbocycles. The number of hydrogen-bond acceptors (Lipinski definition) is 6. The Morgan fingerprint density at radius 1 is 0.914 bits per heavy atom. The van der Waals surface area contributed by atoms with Gasteiger partial charge in [-0.2, -0.15) is 4.72 Å². The second-order valence-electron chi connectivity index (χ2n) is 7.26. The van der Waals surface area contributed by atoms with Gasteiger partial charge in [-0.1, -0.05) is 54.3 Å². The van der Waals surface area contributed by atoms with E-state index in [9.17, 15) is 23.1 Å². The SMILES string of the molecule is COc1ccc(-c2ccc(S(=O)(=O)NC(CC#CCOC(=O)c3ccccc3)C(=O)O)cc2)cc1. The van der Waals surface area contributed by atoms with Crippen LogP contribution in [-0.4, -0.2) is 45.2 Å². The summed E-state index contributed by atoms with van der Waals surface area (Å²) in [4.78, 5) is 23.3. The number of esters is 1. The summed E-state index contributed by atoms with van der Waals surface area (Å²) >= 11 is 0. The van der Waals surface area contributed by atoms with E-state index in [0.29, 0.717) is 11.3 Å². The fraction of sp³-hybridized carbons (Fsp3) is 0.154. The van der Waals surface area contributed by atoms with E-state index in [-0.39, 0.29) is 17.9 Å². The fourth-order valence-corrected chi connectivity index (χ4v) is 4.22. The van der Waals surface area contributed by atoms with Crippen molar-refractivity contribution in [2.24, 2.45) is 0 Å². The van der Waals surface area contributed by atoms with Crippen LogP contribution in [0.15, 0.2) is 83.8 Å². The summed E-state index contributed by atoms with van der Waals surface area (Å²) in [6.07, 6.45) is -0.304. The van der Waals surface area contributed by atoms with Crippen LogP contribution in [0.2, 0.25) is 0 Å². The molecule has 180 valence electrons. The maximum atomic E-state index is 12.7. The molecule has 3 aromatic rings. The molecule has 0 bridgehead atoms. The second kappa shape index (κ2) is 11.8. The van der Waals surface area contributed by atoms with Crippen molar-refractivity contribution in [2.45, 2.75) is 17.4 Å². The van der Waals surface area contributed by atoms with Gasteiger partial charge in [-0.25, -0.2) is 13.2 Å².